The zero-order chi connectivity index (χ0) is 24.6. The Bertz CT molecular complexity index is 1210. The molecular formula is C27H29N3O3S2. The molecule has 1 aliphatic carbocycles. The van der Waals surface area contributed by atoms with E-state index in [1.807, 2.05) is 43.3 Å². The Morgan fingerprint density at radius 3 is 2.60 bits per heavy atom. The normalized spacial score (nSPS) is 12.7. The molecule has 8 heteroatoms. The summed E-state index contributed by atoms with van der Waals surface area (Å²) in [4.78, 5) is 26.6. The van der Waals surface area contributed by atoms with E-state index in [1.54, 1.807) is 29.5 Å². The van der Waals surface area contributed by atoms with Gasteiger partial charge in [-0.15, -0.1) is 11.3 Å². The third-order valence-corrected chi connectivity index (χ3v) is 7.22. The molecular weight excluding hydrogens is 478 g/mol. The number of thiocarbonyl (C=S) groups is 1. The summed E-state index contributed by atoms with van der Waals surface area (Å²) in [7, 11) is 0. The Morgan fingerprint density at radius 2 is 1.80 bits per heavy atom. The van der Waals surface area contributed by atoms with Crippen molar-refractivity contribution in [1.82, 2.24) is 5.32 Å². The van der Waals surface area contributed by atoms with Crippen molar-refractivity contribution in [2.75, 3.05) is 17.2 Å². The second-order valence-electron chi connectivity index (χ2n) is 8.32. The zero-order valence-electron chi connectivity index (χ0n) is 19.7. The fourth-order valence-corrected chi connectivity index (χ4v) is 5.70. The van der Waals surface area contributed by atoms with Crippen LogP contribution in [0, 0.1) is 0 Å². The Hall–Kier alpha value is -3.23. The van der Waals surface area contributed by atoms with Crippen molar-refractivity contribution >= 4 is 51.2 Å². The summed E-state index contributed by atoms with van der Waals surface area (Å²) in [5, 5.41) is 10.4. The number of ether oxygens (including phenoxy) is 1. The van der Waals surface area contributed by atoms with Crippen LogP contribution in [0.1, 0.15) is 62.9 Å². The van der Waals surface area contributed by atoms with Gasteiger partial charge in [-0.2, -0.15) is 0 Å². The fourth-order valence-electron chi connectivity index (χ4n) is 4.13. The van der Waals surface area contributed by atoms with Crippen LogP contribution in [0.15, 0.2) is 54.6 Å². The van der Waals surface area contributed by atoms with Crippen molar-refractivity contribution < 1.29 is 14.3 Å². The first kappa shape index (κ1) is 24.9. The second kappa shape index (κ2) is 12.0. The van der Waals surface area contributed by atoms with Crippen molar-refractivity contribution in [3.63, 3.8) is 0 Å². The van der Waals surface area contributed by atoms with Gasteiger partial charge in [0, 0.05) is 22.7 Å². The molecule has 1 aliphatic rings. The number of hydrogen-bond acceptors (Lipinski definition) is 5. The molecule has 2 aromatic carbocycles. The zero-order valence-corrected chi connectivity index (χ0v) is 21.3. The van der Waals surface area contributed by atoms with E-state index < -0.39 is 0 Å². The number of benzene rings is 2. The van der Waals surface area contributed by atoms with E-state index in [4.69, 9.17) is 17.0 Å². The summed E-state index contributed by atoms with van der Waals surface area (Å²) in [5.41, 5.74) is 3.95. The van der Waals surface area contributed by atoms with E-state index in [2.05, 4.69) is 16.0 Å². The van der Waals surface area contributed by atoms with Crippen LogP contribution in [0.5, 0.6) is 0 Å². The van der Waals surface area contributed by atoms with Gasteiger partial charge in [0.1, 0.15) is 5.00 Å². The minimum Gasteiger partial charge on any atom is -0.462 e. The highest BCUT2D eigenvalue weighted by Crippen LogP contribution is 2.38. The molecule has 0 spiro atoms. The van der Waals surface area contributed by atoms with Gasteiger partial charge in [-0.3, -0.25) is 4.79 Å². The predicted octanol–water partition coefficient (Wildman–Crippen LogP) is 5.93. The first-order valence-electron chi connectivity index (χ1n) is 11.9. The lowest BCUT2D eigenvalue weighted by Crippen LogP contribution is -2.23. The average Bonchev–Trinajstić information content (AvgIpc) is 3.03. The lowest BCUT2D eigenvalue weighted by Gasteiger charge is -2.12. The molecule has 1 heterocycles. The summed E-state index contributed by atoms with van der Waals surface area (Å²) < 4.78 is 5.35. The summed E-state index contributed by atoms with van der Waals surface area (Å²) >= 11 is 7.13. The maximum absolute atomic E-state index is 12.8. The van der Waals surface area contributed by atoms with Crippen LogP contribution in [0.4, 0.5) is 10.7 Å². The number of fused-ring (bicyclic) bond motifs is 1. The lowest BCUT2D eigenvalue weighted by atomic mass is 10.1. The molecule has 0 saturated heterocycles. The Morgan fingerprint density at radius 1 is 1.00 bits per heavy atom. The van der Waals surface area contributed by atoms with Crippen molar-refractivity contribution in [2.24, 2.45) is 0 Å². The smallest absolute Gasteiger partial charge is 0.341 e. The maximum atomic E-state index is 12.8. The first-order valence-corrected chi connectivity index (χ1v) is 13.1. The average molecular weight is 508 g/mol. The van der Waals surface area contributed by atoms with Gasteiger partial charge in [-0.1, -0.05) is 42.8 Å². The molecule has 1 aromatic heterocycles. The number of carbonyl (C=O) groups excluding carboxylic acids is 2. The molecule has 0 saturated carbocycles. The van der Waals surface area contributed by atoms with Crippen molar-refractivity contribution in [1.29, 1.82) is 0 Å². The number of thiophene rings is 1. The van der Waals surface area contributed by atoms with E-state index in [1.165, 1.54) is 11.3 Å². The molecule has 0 bridgehead atoms. The first-order chi connectivity index (χ1) is 17.0. The molecule has 3 aromatic rings. The molecule has 1 amide bonds. The molecule has 182 valence electrons. The number of amides is 1. The van der Waals surface area contributed by atoms with Gasteiger partial charge in [0.05, 0.1) is 12.2 Å². The van der Waals surface area contributed by atoms with Gasteiger partial charge in [0.25, 0.3) is 5.91 Å². The third kappa shape index (κ3) is 6.46. The summed E-state index contributed by atoms with van der Waals surface area (Å²) in [6.07, 6.45) is 5.20. The van der Waals surface area contributed by atoms with Gasteiger partial charge < -0.3 is 20.7 Å². The monoisotopic (exact) mass is 507 g/mol. The van der Waals surface area contributed by atoms with Gasteiger partial charge in [0.2, 0.25) is 0 Å². The predicted molar refractivity (Wildman–Crippen MR) is 145 cm³/mol. The highest BCUT2D eigenvalue weighted by atomic mass is 32.1. The van der Waals surface area contributed by atoms with E-state index in [-0.39, 0.29) is 11.9 Å². The van der Waals surface area contributed by atoms with Crippen LogP contribution in [0.25, 0.3) is 0 Å². The minimum absolute atomic E-state index is 0.164. The number of aryl methyl sites for hydroxylation is 1. The van der Waals surface area contributed by atoms with Crippen molar-refractivity contribution in [3.05, 3.63) is 81.7 Å². The van der Waals surface area contributed by atoms with Crippen LogP contribution in [0.3, 0.4) is 0 Å². The van der Waals surface area contributed by atoms with E-state index in [0.717, 1.165) is 36.8 Å². The number of carbonyl (C=O) groups is 2. The summed E-state index contributed by atoms with van der Waals surface area (Å²) in [6, 6.07) is 16.9. The van der Waals surface area contributed by atoms with Gasteiger partial charge in [-0.05, 0) is 74.2 Å². The van der Waals surface area contributed by atoms with E-state index in [0.29, 0.717) is 40.1 Å². The molecule has 35 heavy (non-hydrogen) atoms. The van der Waals surface area contributed by atoms with E-state index >= 15 is 0 Å². The number of anilines is 2. The van der Waals surface area contributed by atoms with Crippen LogP contribution in [-0.4, -0.2) is 23.6 Å². The molecule has 0 fully saturated rings. The molecule has 3 N–H and O–H groups in total. The second-order valence-corrected chi connectivity index (χ2v) is 9.83. The minimum atomic E-state index is -0.311. The summed E-state index contributed by atoms with van der Waals surface area (Å²) in [5.74, 6) is -0.475. The maximum Gasteiger partial charge on any atom is 0.341 e. The fraction of sp³-hybridized carbons (Fsp3) is 0.296. The van der Waals surface area contributed by atoms with Crippen molar-refractivity contribution in [2.45, 2.75) is 45.6 Å². The quantitative estimate of drug-likeness (QED) is 0.209. The third-order valence-electron chi connectivity index (χ3n) is 5.81. The number of nitrogens with one attached hydrogen (secondary N) is 3. The Kier molecular flexibility index (Phi) is 8.50. The van der Waals surface area contributed by atoms with Crippen LogP contribution in [-0.2, 0) is 24.1 Å². The Balaban J connectivity index is 1.44. The standard InChI is InChI=1S/C27H29N3O3S2/c1-2-33-26(32)23-21-14-7-4-8-15-22(21)35-25(23)30-27(34)29-20-13-9-12-19(16-20)24(31)28-17-18-10-5-3-6-11-18/h3,5-6,9-13,16H,2,4,7-8,14-15,17H2,1H3,(H,28,31)(H2,29,30,34). The number of rotatable bonds is 7. The number of hydrogen-bond donors (Lipinski definition) is 3. The highest BCUT2D eigenvalue weighted by Gasteiger charge is 2.26. The van der Waals surface area contributed by atoms with Crippen molar-refractivity contribution in [3.8, 4) is 0 Å². The highest BCUT2D eigenvalue weighted by molar-refractivity contribution is 7.80. The SMILES string of the molecule is CCOC(=O)c1c(NC(=S)Nc2cccc(C(=O)NCc3ccccc3)c2)sc2c1CCCCC2. The molecule has 0 radical (unpaired) electrons. The molecule has 4 rings (SSSR count). The molecule has 0 unspecified atom stereocenters. The van der Waals surface area contributed by atoms with Crippen LogP contribution in [0.2, 0.25) is 0 Å². The molecule has 0 atom stereocenters. The Labute approximate surface area is 215 Å². The molecule has 6 nitrogen and oxygen atoms in total. The number of esters is 1. The van der Waals surface area contributed by atoms with Gasteiger partial charge in [-0.25, -0.2) is 4.79 Å². The van der Waals surface area contributed by atoms with E-state index in [9.17, 15) is 9.59 Å². The molecule has 0 aliphatic heterocycles. The van der Waals surface area contributed by atoms with Gasteiger partial charge in [0.15, 0.2) is 5.11 Å². The topological polar surface area (TPSA) is 79.5 Å². The van der Waals surface area contributed by atoms with Crippen LogP contribution >= 0.6 is 23.6 Å². The summed E-state index contributed by atoms with van der Waals surface area (Å²) in [6.45, 7) is 2.59. The lowest BCUT2D eigenvalue weighted by molar-refractivity contribution is 0.0526. The largest absolute Gasteiger partial charge is 0.462 e. The van der Waals surface area contributed by atoms with Crippen LogP contribution < -0.4 is 16.0 Å². The van der Waals surface area contributed by atoms with Gasteiger partial charge >= 0.3 is 5.97 Å².